The molecular weight excluding hydrogens is 238 g/mol. The number of benzene rings is 1. The molecule has 1 fully saturated rings. The molecule has 3 nitrogen and oxygen atoms in total. The fourth-order valence-electron chi connectivity index (χ4n) is 3.27. The van der Waals surface area contributed by atoms with E-state index in [0.717, 1.165) is 32.5 Å². The molecule has 1 atom stereocenters. The normalized spacial score (nSPS) is 25.2. The van der Waals surface area contributed by atoms with Gasteiger partial charge in [-0.25, -0.2) is 0 Å². The Morgan fingerprint density at radius 2 is 2.16 bits per heavy atom. The zero-order valence-electron chi connectivity index (χ0n) is 11.7. The Morgan fingerprint density at radius 3 is 2.89 bits per heavy atom. The molecule has 0 N–H and O–H groups in total. The van der Waals surface area contributed by atoms with Crippen LogP contribution in [0.25, 0.3) is 0 Å². The second-order valence-corrected chi connectivity index (χ2v) is 6.24. The number of rotatable bonds is 1. The molecular formula is C16H21NO2. The van der Waals surface area contributed by atoms with E-state index < -0.39 is 0 Å². The van der Waals surface area contributed by atoms with Crippen LogP contribution in [0.3, 0.4) is 0 Å². The molecule has 0 aliphatic carbocycles. The van der Waals surface area contributed by atoms with Gasteiger partial charge in [0, 0.05) is 25.1 Å². The topological polar surface area (TPSA) is 29.5 Å². The predicted molar refractivity (Wildman–Crippen MR) is 73.9 cm³/mol. The summed E-state index contributed by atoms with van der Waals surface area (Å²) in [5, 5.41) is 0. The van der Waals surface area contributed by atoms with E-state index in [1.165, 1.54) is 11.1 Å². The summed E-state index contributed by atoms with van der Waals surface area (Å²) in [6.45, 7) is 6.65. The van der Waals surface area contributed by atoms with Gasteiger partial charge in [-0.15, -0.1) is 0 Å². The minimum Gasteiger partial charge on any atom is -0.368 e. The SMILES string of the molecule is CC1(C)CN(C(=O)C2CCCO2)Cc2ccccc21. The molecule has 3 heteroatoms. The van der Waals surface area contributed by atoms with Gasteiger partial charge in [0.1, 0.15) is 6.10 Å². The summed E-state index contributed by atoms with van der Waals surface area (Å²) >= 11 is 0. The Morgan fingerprint density at radius 1 is 1.37 bits per heavy atom. The average Bonchev–Trinajstić information content (AvgIpc) is 2.91. The van der Waals surface area contributed by atoms with Crippen LogP contribution in [0.5, 0.6) is 0 Å². The summed E-state index contributed by atoms with van der Waals surface area (Å²) in [5.74, 6) is 0.167. The molecule has 2 aliphatic heterocycles. The van der Waals surface area contributed by atoms with Gasteiger partial charge in [0.05, 0.1) is 0 Å². The van der Waals surface area contributed by atoms with E-state index in [0.29, 0.717) is 0 Å². The molecule has 1 unspecified atom stereocenters. The van der Waals surface area contributed by atoms with Crippen LogP contribution in [0.2, 0.25) is 0 Å². The highest BCUT2D eigenvalue weighted by atomic mass is 16.5. The van der Waals surface area contributed by atoms with Crippen molar-refractivity contribution in [1.82, 2.24) is 4.90 Å². The van der Waals surface area contributed by atoms with E-state index in [4.69, 9.17) is 4.74 Å². The molecule has 1 aromatic rings. The molecule has 0 radical (unpaired) electrons. The van der Waals surface area contributed by atoms with Gasteiger partial charge in [-0.2, -0.15) is 0 Å². The molecule has 102 valence electrons. The van der Waals surface area contributed by atoms with Gasteiger partial charge in [-0.1, -0.05) is 38.1 Å². The summed E-state index contributed by atoms with van der Waals surface area (Å²) in [5.41, 5.74) is 2.65. The quantitative estimate of drug-likeness (QED) is 0.775. The van der Waals surface area contributed by atoms with Crippen LogP contribution < -0.4 is 0 Å². The van der Waals surface area contributed by atoms with Crippen LogP contribution in [-0.2, 0) is 21.5 Å². The Kier molecular flexibility index (Phi) is 3.09. The number of hydrogen-bond donors (Lipinski definition) is 0. The van der Waals surface area contributed by atoms with Gasteiger partial charge >= 0.3 is 0 Å². The first kappa shape index (κ1) is 12.7. The van der Waals surface area contributed by atoms with E-state index in [1.54, 1.807) is 0 Å². The van der Waals surface area contributed by atoms with E-state index in [1.807, 2.05) is 4.90 Å². The van der Waals surface area contributed by atoms with Crippen LogP contribution in [-0.4, -0.2) is 30.1 Å². The van der Waals surface area contributed by atoms with Gasteiger partial charge in [-0.3, -0.25) is 4.79 Å². The lowest BCUT2D eigenvalue weighted by Crippen LogP contribution is -2.48. The van der Waals surface area contributed by atoms with Crippen LogP contribution >= 0.6 is 0 Å². The molecule has 0 aromatic heterocycles. The summed E-state index contributed by atoms with van der Waals surface area (Å²) in [6.07, 6.45) is 1.67. The lowest BCUT2D eigenvalue weighted by atomic mass is 9.78. The van der Waals surface area contributed by atoms with Crippen LogP contribution in [0.1, 0.15) is 37.8 Å². The number of amides is 1. The standard InChI is InChI=1S/C16H21NO2/c1-16(2)11-17(15(18)14-8-5-9-19-14)10-12-6-3-4-7-13(12)16/h3-4,6-7,14H,5,8-11H2,1-2H3. The number of fused-ring (bicyclic) bond motifs is 1. The minimum atomic E-state index is -0.207. The molecule has 1 saturated heterocycles. The smallest absolute Gasteiger partial charge is 0.252 e. The number of carbonyl (C=O) groups is 1. The van der Waals surface area contributed by atoms with Crippen LogP contribution in [0.15, 0.2) is 24.3 Å². The van der Waals surface area contributed by atoms with Crippen molar-refractivity contribution in [1.29, 1.82) is 0 Å². The fourth-order valence-corrected chi connectivity index (χ4v) is 3.27. The van der Waals surface area contributed by atoms with Crippen molar-refractivity contribution in [2.75, 3.05) is 13.2 Å². The maximum Gasteiger partial charge on any atom is 0.252 e. The molecule has 0 saturated carbocycles. The zero-order chi connectivity index (χ0) is 13.5. The minimum absolute atomic E-state index is 0.0170. The van der Waals surface area contributed by atoms with Crippen molar-refractivity contribution in [3.8, 4) is 0 Å². The summed E-state index contributed by atoms with van der Waals surface area (Å²) in [4.78, 5) is 14.5. The first-order valence-corrected chi connectivity index (χ1v) is 7.07. The Bertz CT molecular complexity index is 489. The third kappa shape index (κ3) is 2.27. The summed E-state index contributed by atoms with van der Waals surface area (Å²) in [6, 6.07) is 8.45. The van der Waals surface area contributed by atoms with Crippen LogP contribution in [0.4, 0.5) is 0 Å². The monoisotopic (exact) mass is 259 g/mol. The van der Waals surface area contributed by atoms with Crippen LogP contribution in [0, 0.1) is 0 Å². The van der Waals surface area contributed by atoms with Gasteiger partial charge in [0.15, 0.2) is 0 Å². The van der Waals surface area contributed by atoms with Gasteiger partial charge in [0.25, 0.3) is 5.91 Å². The van der Waals surface area contributed by atoms with Gasteiger partial charge in [0.2, 0.25) is 0 Å². The third-order valence-corrected chi connectivity index (χ3v) is 4.21. The summed E-state index contributed by atoms with van der Waals surface area (Å²) in [7, 11) is 0. The molecule has 2 aliphatic rings. The fraction of sp³-hybridized carbons (Fsp3) is 0.562. The van der Waals surface area contributed by atoms with Crippen molar-refractivity contribution < 1.29 is 9.53 Å². The number of carbonyl (C=O) groups excluding carboxylic acids is 1. The predicted octanol–water partition coefficient (Wildman–Crippen LogP) is 2.49. The number of nitrogens with zero attached hydrogens (tertiary/aromatic N) is 1. The second-order valence-electron chi connectivity index (χ2n) is 6.24. The Hall–Kier alpha value is -1.35. The number of hydrogen-bond acceptors (Lipinski definition) is 2. The lowest BCUT2D eigenvalue weighted by molar-refractivity contribution is -0.142. The van der Waals surface area contributed by atoms with Gasteiger partial charge < -0.3 is 9.64 Å². The molecule has 1 amide bonds. The highest BCUT2D eigenvalue weighted by Gasteiger charge is 2.36. The first-order valence-electron chi connectivity index (χ1n) is 7.07. The average molecular weight is 259 g/mol. The molecule has 3 rings (SSSR count). The van der Waals surface area contributed by atoms with Crippen molar-refractivity contribution in [3.05, 3.63) is 35.4 Å². The highest BCUT2D eigenvalue weighted by molar-refractivity contribution is 5.81. The largest absolute Gasteiger partial charge is 0.368 e. The third-order valence-electron chi connectivity index (χ3n) is 4.21. The van der Waals surface area contributed by atoms with Crippen molar-refractivity contribution in [3.63, 3.8) is 0 Å². The second kappa shape index (κ2) is 4.64. The van der Waals surface area contributed by atoms with Crippen molar-refractivity contribution >= 4 is 5.91 Å². The highest BCUT2D eigenvalue weighted by Crippen LogP contribution is 2.33. The molecule has 1 aromatic carbocycles. The maximum atomic E-state index is 12.5. The van der Waals surface area contributed by atoms with Crippen molar-refractivity contribution in [2.45, 2.75) is 44.8 Å². The number of ether oxygens (including phenoxy) is 1. The van der Waals surface area contributed by atoms with Gasteiger partial charge in [-0.05, 0) is 24.0 Å². The molecule has 2 heterocycles. The van der Waals surface area contributed by atoms with E-state index in [2.05, 4.69) is 38.1 Å². The van der Waals surface area contributed by atoms with Crippen molar-refractivity contribution in [2.24, 2.45) is 0 Å². The van der Waals surface area contributed by atoms with E-state index in [9.17, 15) is 4.79 Å². The maximum absolute atomic E-state index is 12.5. The molecule has 19 heavy (non-hydrogen) atoms. The Balaban J connectivity index is 1.85. The molecule has 0 bridgehead atoms. The lowest BCUT2D eigenvalue weighted by Gasteiger charge is -2.40. The molecule has 0 spiro atoms. The summed E-state index contributed by atoms with van der Waals surface area (Å²) < 4.78 is 5.53. The van der Waals surface area contributed by atoms with E-state index >= 15 is 0 Å². The van der Waals surface area contributed by atoms with E-state index in [-0.39, 0.29) is 17.4 Å². The zero-order valence-corrected chi connectivity index (χ0v) is 11.7. The first-order chi connectivity index (χ1) is 9.08. The Labute approximate surface area is 114 Å².